The average molecular weight is 497 g/mol. The van der Waals surface area contributed by atoms with Crippen molar-refractivity contribution in [3.05, 3.63) is 0 Å². The van der Waals surface area contributed by atoms with Gasteiger partial charge < -0.3 is 37.9 Å². The Labute approximate surface area is 189 Å². The number of hydrogen-bond acceptors (Lipinski definition) is 14. The van der Waals surface area contributed by atoms with Crippen molar-refractivity contribution in [1.29, 1.82) is 0 Å². The number of ether oxygens (including phenoxy) is 5. The molecule has 1 aliphatic heterocycles. The van der Waals surface area contributed by atoms with Crippen molar-refractivity contribution in [3.63, 3.8) is 0 Å². The van der Waals surface area contributed by atoms with Crippen molar-refractivity contribution in [2.24, 2.45) is 5.16 Å². The second-order valence-electron chi connectivity index (χ2n) is 6.82. The Hall–Kier alpha value is -2.54. The number of esters is 4. The van der Waals surface area contributed by atoms with E-state index in [4.69, 9.17) is 32.7 Å². The van der Waals surface area contributed by atoms with Gasteiger partial charge in [-0.3, -0.25) is 23.7 Å². The molecule has 0 spiro atoms. The number of oxime groups is 1. The molecule has 5 atom stereocenters. The Morgan fingerprint density at radius 2 is 1.27 bits per heavy atom. The predicted molar refractivity (Wildman–Crippen MR) is 107 cm³/mol. The van der Waals surface area contributed by atoms with Gasteiger partial charge in [0.25, 0.3) is 0 Å². The maximum absolute atomic E-state index is 12.7. The van der Waals surface area contributed by atoms with Crippen LogP contribution in [-0.2, 0) is 56.5 Å². The SMILES string of the molecule is COP(=O)(OC)/C(C[C@@H]1O[C@H](COC(C)=O)[C@@H](OC(C)=O)[C@H](OC(C)=O)[C@H]1OC(C)=O)=N\O. The van der Waals surface area contributed by atoms with Gasteiger partial charge in [0.15, 0.2) is 23.8 Å². The summed E-state index contributed by atoms with van der Waals surface area (Å²) in [6.07, 6.45) is -7.16. The fourth-order valence-corrected chi connectivity index (χ4v) is 4.24. The lowest BCUT2D eigenvalue weighted by molar-refractivity contribution is -0.251. The molecule has 1 heterocycles. The van der Waals surface area contributed by atoms with E-state index in [9.17, 15) is 29.0 Å². The number of nitrogens with zero attached hydrogens (tertiary/aromatic N) is 1. The van der Waals surface area contributed by atoms with Crippen LogP contribution >= 0.6 is 7.60 Å². The molecule has 33 heavy (non-hydrogen) atoms. The number of rotatable bonds is 10. The van der Waals surface area contributed by atoms with Crippen LogP contribution in [0, 0.1) is 0 Å². The summed E-state index contributed by atoms with van der Waals surface area (Å²) in [4.78, 5) is 46.7. The number of carbonyl (C=O) groups excluding carboxylic acids is 4. The van der Waals surface area contributed by atoms with Crippen molar-refractivity contribution in [3.8, 4) is 0 Å². The van der Waals surface area contributed by atoms with Crippen LogP contribution in [0.2, 0.25) is 0 Å². The van der Waals surface area contributed by atoms with Gasteiger partial charge in [0.1, 0.15) is 18.8 Å². The first-order chi connectivity index (χ1) is 15.4. The van der Waals surface area contributed by atoms with E-state index in [0.29, 0.717) is 0 Å². The van der Waals surface area contributed by atoms with Crippen molar-refractivity contribution >= 4 is 36.9 Å². The molecule has 1 N–H and O–H groups in total. The monoisotopic (exact) mass is 497 g/mol. The van der Waals surface area contributed by atoms with Crippen LogP contribution in [0.1, 0.15) is 34.1 Å². The van der Waals surface area contributed by atoms with Gasteiger partial charge >= 0.3 is 31.5 Å². The molecule has 1 fully saturated rings. The van der Waals surface area contributed by atoms with Crippen molar-refractivity contribution in [1.82, 2.24) is 0 Å². The largest absolute Gasteiger partial charge is 0.463 e. The first kappa shape index (κ1) is 28.5. The third-order valence-corrected chi connectivity index (χ3v) is 6.25. The molecular formula is C18H28NO13P. The van der Waals surface area contributed by atoms with Gasteiger partial charge in [-0.2, -0.15) is 0 Å². The smallest absolute Gasteiger partial charge is 0.378 e. The molecule has 1 saturated heterocycles. The van der Waals surface area contributed by atoms with Crippen LogP contribution in [0.15, 0.2) is 5.16 Å². The third-order valence-electron chi connectivity index (χ3n) is 4.38. The summed E-state index contributed by atoms with van der Waals surface area (Å²) in [5.41, 5.74) is -0.492. The average Bonchev–Trinajstić information content (AvgIpc) is 2.72. The van der Waals surface area contributed by atoms with E-state index in [0.717, 1.165) is 41.9 Å². The van der Waals surface area contributed by atoms with Crippen molar-refractivity contribution in [2.45, 2.75) is 64.6 Å². The van der Waals surface area contributed by atoms with E-state index < -0.39 is 80.5 Å². The lowest BCUT2D eigenvalue weighted by Crippen LogP contribution is -2.62. The number of carbonyl (C=O) groups is 4. The van der Waals surface area contributed by atoms with Gasteiger partial charge in [0.2, 0.25) is 0 Å². The summed E-state index contributed by atoms with van der Waals surface area (Å²) in [6, 6.07) is 0. The predicted octanol–water partition coefficient (Wildman–Crippen LogP) is 0.776. The fraction of sp³-hybridized carbons (Fsp3) is 0.722. The Bertz CT molecular complexity index is 805. The highest BCUT2D eigenvalue weighted by Gasteiger charge is 2.53. The fourth-order valence-electron chi connectivity index (χ4n) is 3.15. The maximum Gasteiger partial charge on any atom is 0.378 e. The van der Waals surface area contributed by atoms with E-state index in [1.165, 1.54) is 0 Å². The molecule has 0 saturated carbocycles. The van der Waals surface area contributed by atoms with Gasteiger partial charge in [-0.25, -0.2) is 0 Å². The van der Waals surface area contributed by atoms with E-state index in [1.54, 1.807) is 0 Å². The quantitative estimate of drug-likeness (QED) is 0.112. The molecule has 0 aromatic heterocycles. The zero-order chi connectivity index (χ0) is 25.3. The van der Waals surface area contributed by atoms with E-state index >= 15 is 0 Å². The Kier molecular flexibility index (Phi) is 10.9. The van der Waals surface area contributed by atoms with E-state index in [2.05, 4.69) is 5.16 Å². The minimum absolute atomic E-state index is 0.438. The molecule has 188 valence electrons. The van der Waals surface area contributed by atoms with Crippen LogP contribution in [0.5, 0.6) is 0 Å². The van der Waals surface area contributed by atoms with Crippen LogP contribution in [0.4, 0.5) is 0 Å². The maximum atomic E-state index is 12.7. The normalized spacial score (nSPS) is 25.6. The second-order valence-corrected chi connectivity index (χ2v) is 9.06. The van der Waals surface area contributed by atoms with Crippen molar-refractivity contribution in [2.75, 3.05) is 20.8 Å². The molecule has 1 rings (SSSR count). The summed E-state index contributed by atoms with van der Waals surface area (Å²) in [6.45, 7) is 3.93. The molecule has 0 radical (unpaired) electrons. The van der Waals surface area contributed by atoms with Crippen LogP contribution in [0.3, 0.4) is 0 Å². The minimum atomic E-state index is -4.05. The zero-order valence-electron chi connectivity index (χ0n) is 19.0. The highest BCUT2D eigenvalue weighted by Crippen LogP contribution is 2.50. The third kappa shape index (κ3) is 8.07. The molecule has 0 aromatic rings. The first-order valence-electron chi connectivity index (χ1n) is 9.61. The first-order valence-corrected chi connectivity index (χ1v) is 11.2. The van der Waals surface area contributed by atoms with Crippen LogP contribution in [-0.4, -0.2) is 85.9 Å². The summed E-state index contributed by atoms with van der Waals surface area (Å²) >= 11 is 0. The van der Waals surface area contributed by atoms with Gasteiger partial charge in [-0.05, 0) is 0 Å². The summed E-state index contributed by atoms with van der Waals surface area (Å²) in [5.74, 6) is -3.08. The number of hydrogen-bond donors (Lipinski definition) is 1. The lowest BCUT2D eigenvalue weighted by atomic mass is 9.92. The lowest BCUT2D eigenvalue weighted by Gasteiger charge is -2.44. The van der Waals surface area contributed by atoms with Gasteiger partial charge in [-0.15, -0.1) is 0 Å². The molecule has 0 amide bonds. The molecule has 0 bridgehead atoms. The Morgan fingerprint density at radius 3 is 1.67 bits per heavy atom. The highest BCUT2D eigenvalue weighted by atomic mass is 31.2. The summed E-state index contributed by atoms with van der Waals surface area (Å²) in [7, 11) is -1.94. The molecular weight excluding hydrogens is 469 g/mol. The standard InChI is InChI=1S/C18H28NO13P/c1-9(20)28-8-14-17(30-11(3)22)18(31-12(4)23)16(29-10(2)21)13(32-14)7-15(19-24)33(25,26-5)27-6/h13-14,16-18,24H,7-8H2,1-6H3/b19-15-/t13-,14+,16-,17+,18+/m0/s1. The van der Waals surface area contributed by atoms with Crippen LogP contribution in [0.25, 0.3) is 0 Å². The minimum Gasteiger partial charge on any atom is -0.463 e. The molecule has 0 aliphatic carbocycles. The Balaban J connectivity index is 3.50. The van der Waals surface area contributed by atoms with Crippen molar-refractivity contribution < 1.29 is 61.7 Å². The molecule has 0 unspecified atom stereocenters. The topological polar surface area (TPSA) is 183 Å². The van der Waals surface area contributed by atoms with E-state index in [1.807, 2.05) is 0 Å². The molecule has 1 aliphatic rings. The second kappa shape index (κ2) is 12.6. The van der Waals surface area contributed by atoms with Gasteiger partial charge in [-0.1, -0.05) is 5.16 Å². The Morgan fingerprint density at radius 1 is 0.818 bits per heavy atom. The summed E-state index contributed by atoms with van der Waals surface area (Å²) in [5, 5.41) is 12.4. The van der Waals surface area contributed by atoms with Gasteiger partial charge in [0, 0.05) is 48.3 Å². The summed E-state index contributed by atoms with van der Waals surface area (Å²) < 4.78 is 49.0. The molecule has 14 nitrogen and oxygen atoms in total. The zero-order valence-corrected chi connectivity index (χ0v) is 19.9. The highest BCUT2D eigenvalue weighted by molar-refractivity contribution is 7.72. The van der Waals surface area contributed by atoms with E-state index in [-0.39, 0.29) is 0 Å². The van der Waals surface area contributed by atoms with Gasteiger partial charge in [0.05, 0.1) is 0 Å². The molecule has 0 aromatic carbocycles. The van der Waals surface area contributed by atoms with Crippen LogP contribution < -0.4 is 0 Å². The molecule has 15 heteroatoms.